The topological polar surface area (TPSA) is 56.1 Å². The maximum atomic E-state index is 10.7. The second-order valence-corrected chi connectivity index (χ2v) is 2.80. The van der Waals surface area contributed by atoms with Crippen LogP contribution < -0.4 is 5.32 Å². The van der Waals surface area contributed by atoms with Crippen LogP contribution >= 0.6 is 0 Å². The van der Waals surface area contributed by atoms with Gasteiger partial charge < -0.3 is 10.1 Å². The number of methoxy groups -OCH3 is 1. The van der Waals surface area contributed by atoms with Crippen LogP contribution in [0.2, 0.25) is 0 Å². The van der Waals surface area contributed by atoms with Gasteiger partial charge in [0.2, 0.25) is 0 Å². The molecule has 0 aliphatic heterocycles. The van der Waals surface area contributed by atoms with Gasteiger partial charge in [0.1, 0.15) is 0 Å². The van der Waals surface area contributed by atoms with Crippen LogP contribution in [0.15, 0.2) is 18.5 Å². The van der Waals surface area contributed by atoms with Crippen molar-refractivity contribution in [2.45, 2.75) is 6.92 Å². The summed E-state index contributed by atoms with van der Waals surface area (Å²) in [6.07, 6.45) is 4.67. The lowest BCUT2D eigenvalue weighted by molar-refractivity contribution is -0.134. The second-order valence-electron chi connectivity index (χ2n) is 2.80. The van der Waals surface area contributed by atoms with E-state index in [-0.39, 0.29) is 5.97 Å². The molecule has 0 unspecified atom stereocenters. The summed E-state index contributed by atoms with van der Waals surface area (Å²) in [6.45, 7) is 1.88. The van der Waals surface area contributed by atoms with E-state index in [0.717, 1.165) is 11.4 Å². The number of nitrogens with zero attached hydrogens (tertiary/aromatic N) is 2. The summed E-state index contributed by atoms with van der Waals surface area (Å²) in [5.41, 5.74) is 1.75. The SMILES string of the molecule is COC(=O)/C=C/Nc1cn(C)nc1C. The molecule has 1 aromatic rings. The first-order valence-corrected chi connectivity index (χ1v) is 4.14. The van der Waals surface area contributed by atoms with Crippen molar-refractivity contribution in [1.82, 2.24) is 9.78 Å². The van der Waals surface area contributed by atoms with Gasteiger partial charge in [0.15, 0.2) is 0 Å². The largest absolute Gasteiger partial charge is 0.466 e. The molecule has 14 heavy (non-hydrogen) atoms. The summed E-state index contributed by atoms with van der Waals surface area (Å²) < 4.78 is 6.14. The highest BCUT2D eigenvalue weighted by atomic mass is 16.5. The molecule has 0 bridgehead atoms. The fraction of sp³-hybridized carbons (Fsp3) is 0.333. The molecule has 1 heterocycles. The van der Waals surface area contributed by atoms with Gasteiger partial charge in [-0.15, -0.1) is 0 Å². The van der Waals surface area contributed by atoms with E-state index in [9.17, 15) is 4.79 Å². The minimum Gasteiger partial charge on any atom is -0.466 e. The van der Waals surface area contributed by atoms with E-state index in [2.05, 4.69) is 15.2 Å². The van der Waals surface area contributed by atoms with Crippen molar-refractivity contribution in [2.75, 3.05) is 12.4 Å². The number of nitrogens with one attached hydrogen (secondary N) is 1. The molecule has 1 rings (SSSR count). The molecule has 0 aliphatic carbocycles. The van der Waals surface area contributed by atoms with Crippen LogP contribution in [0.4, 0.5) is 5.69 Å². The smallest absolute Gasteiger partial charge is 0.331 e. The number of rotatable bonds is 3. The Morgan fingerprint density at radius 3 is 2.93 bits per heavy atom. The third-order valence-electron chi connectivity index (χ3n) is 1.67. The highest BCUT2D eigenvalue weighted by Crippen LogP contribution is 2.10. The fourth-order valence-electron chi connectivity index (χ4n) is 1.01. The first kappa shape index (κ1) is 10.3. The molecule has 0 spiro atoms. The molecule has 1 aromatic heterocycles. The molecule has 0 saturated carbocycles. The second kappa shape index (κ2) is 4.45. The number of carbonyl (C=O) groups excluding carboxylic acids is 1. The highest BCUT2D eigenvalue weighted by Gasteiger charge is 1.99. The monoisotopic (exact) mass is 195 g/mol. The van der Waals surface area contributed by atoms with Gasteiger partial charge >= 0.3 is 5.97 Å². The quantitative estimate of drug-likeness (QED) is 0.573. The Morgan fingerprint density at radius 2 is 2.43 bits per heavy atom. The predicted octanol–water partition coefficient (Wildman–Crippen LogP) is 0.827. The van der Waals surface area contributed by atoms with Crippen molar-refractivity contribution in [1.29, 1.82) is 0 Å². The van der Waals surface area contributed by atoms with Crippen LogP contribution in [-0.4, -0.2) is 22.9 Å². The lowest BCUT2D eigenvalue weighted by atomic mass is 10.4. The third-order valence-corrected chi connectivity index (χ3v) is 1.67. The molecule has 0 amide bonds. The maximum absolute atomic E-state index is 10.7. The molecule has 1 N–H and O–H groups in total. The van der Waals surface area contributed by atoms with Gasteiger partial charge in [-0.2, -0.15) is 5.10 Å². The van der Waals surface area contributed by atoms with Crippen molar-refractivity contribution >= 4 is 11.7 Å². The molecule has 5 heteroatoms. The zero-order chi connectivity index (χ0) is 10.6. The van der Waals surface area contributed by atoms with Crippen LogP contribution in [0.5, 0.6) is 0 Å². The van der Waals surface area contributed by atoms with E-state index < -0.39 is 0 Å². The Labute approximate surface area is 82.4 Å². The average molecular weight is 195 g/mol. The highest BCUT2D eigenvalue weighted by molar-refractivity contribution is 5.82. The van der Waals surface area contributed by atoms with E-state index in [0.29, 0.717) is 0 Å². The molecule has 76 valence electrons. The number of carbonyl (C=O) groups is 1. The first-order valence-electron chi connectivity index (χ1n) is 4.14. The van der Waals surface area contributed by atoms with Gasteiger partial charge in [-0.05, 0) is 6.92 Å². The van der Waals surface area contributed by atoms with E-state index in [1.54, 1.807) is 4.68 Å². The van der Waals surface area contributed by atoms with Crippen molar-refractivity contribution < 1.29 is 9.53 Å². The van der Waals surface area contributed by atoms with E-state index in [1.165, 1.54) is 19.4 Å². The molecule has 0 aliphatic rings. The molecule has 0 saturated heterocycles. The van der Waals surface area contributed by atoms with E-state index >= 15 is 0 Å². The van der Waals surface area contributed by atoms with Crippen molar-refractivity contribution in [3.63, 3.8) is 0 Å². The zero-order valence-corrected chi connectivity index (χ0v) is 8.44. The van der Waals surface area contributed by atoms with Crippen molar-refractivity contribution in [3.05, 3.63) is 24.2 Å². The summed E-state index contributed by atoms with van der Waals surface area (Å²) in [4.78, 5) is 10.7. The number of esters is 1. The summed E-state index contributed by atoms with van der Waals surface area (Å²) in [5, 5.41) is 7.07. The number of ether oxygens (including phenoxy) is 1. The van der Waals surface area contributed by atoms with Gasteiger partial charge in [-0.1, -0.05) is 0 Å². The summed E-state index contributed by atoms with van der Waals surface area (Å²) in [5.74, 6) is -0.390. The Hall–Kier alpha value is -1.78. The van der Waals surface area contributed by atoms with E-state index in [4.69, 9.17) is 0 Å². The maximum Gasteiger partial charge on any atom is 0.331 e. The van der Waals surface area contributed by atoms with Gasteiger partial charge in [-0.25, -0.2) is 4.79 Å². The lowest BCUT2D eigenvalue weighted by Gasteiger charge is -1.95. The number of aryl methyl sites for hydroxylation is 2. The number of hydrogen-bond acceptors (Lipinski definition) is 4. The van der Waals surface area contributed by atoms with Gasteiger partial charge in [0.05, 0.1) is 18.5 Å². The standard InChI is InChI=1S/C9H13N3O2/c1-7-8(6-12(2)11-7)10-5-4-9(13)14-3/h4-6,10H,1-3H3/b5-4+. The van der Waals surface area contributed by atoms with E-state index in [1.807, 2.05) is 20.2 Å². The predicted molar refractivity (Wildman–Crippen MR) is 52.7 cm³/mol. The number of anilines is 1. The normalized spacial score (nSPS) is 10.5. The Kier molecular flexibility index (Phi) is 3.28. The first-order chi connectivity index (χ1) is 6.63. The lowest BCUT2D eigenvalue weighted by Crippen LogP contribution is -1.96. The van der Waals surface area contributed by atoms with Crippen LogP contribution in [-0.2, 0) is 16.6 Å². The summed E-state index contributed by atoms with van der Waals surface area (Å²) in [6, 6.07) is 0. The zero-order valence-electron chi connectivity index (χ0n) is 8.44. The van der Waals surface area contributed by atoms with Crippen LogP contribution in [0, 0.1) is 6.92 Å². The summed E-state index contributed by atoms with van der Waals surface area (Å²) >= 11 is 0. The van der Waals surface area contributed by atoms with Crippen molar-refractivity contribution in [2.24, 2.45) is 7.05 Å². The average Bonchev–Trinajstić information content (AvgIpc) is 2.45. The molecule has 0 fully saturated rings. The number of hydrogen-bond donors (Lipinski definition) is 1. The van der Waals surface area contributed by atoms with Crippen LogP contribution in [0.25, 0.3) is 0 Å². The third kappa shape index (κ3) is 2.62. The number of aromatic nitrogens is 2. The molecule has 0 radical (unpaired) electrons. The molecular weight excluding hydrogens is 182 g/mol. The van der Waals surface area contributed by atoms with Crippen LogP contribution in [0.1, 0.15) is 5.69 Å². The summed E-state index contributed by atoms with van der Waals surface area (Å²) in [7, 11) is 3.17. The molecule has 0 atom stereocenters. The Bertz CT molecular complexity index is 355. The Morgan fingerprint density at radius 1 is 1.71 bits per heavy atom. The molecule has 0 aromatic carbocycles. The fourth-order valence-corrected chi connectivity index (χ4v) is 1.01. The van der Waals surface area contributed by atoms with Crippen molar-refractivity contribution in [3.8, 4) is 0 Å². The van der Waals surface area contributed by atoms with Gasteiger partial charge in [-0.3, -0.25) is 4.68 Å². The minimum atomic E-state index is -0.390. The van der Waals surface area contributed by atoms with Crippen LogP contribution in [0.3, 0.4) is 0 Å². The molecular formula is C9H13N3O2. The van der Waals surface area contributed by atoms with Gasteiger partial charge in [0, 0.05) is 25.5 Å². The minimum absolute atomic E-state index is 0.390. The van der Waals surface area contributed by atoms with Gasteiger partial charge in [0.25, 0.3) is 0 Å². The molecule has 5 nitrogen and oxygen atoms in total. The Balaban J connectivity index is 2.57.